The highest BCUT2D eigenvalue weighted by Crippen LogP contribution is 2.12. The summed E-state index contributed by atoms with van der Waals surface area (Å²) < 4.78 is 22.9. The molecule has 2 heterocycles. The average Bonchev–Trinajstić information content (AvgIpc) is 2.93. The number of nitrogens with one attached hydrogen (secondary N) is 2. The first-order valence-corrected chi connectivity index (χ1v) is 9.87. The zero-order chi connectivity index (χ0) is 17.9. The van der Waals surface area contributed by atoms with Crippen LogP contribution in [0.25, 0.3) is 0 Å². The van der Waals surface area contributed by atoms with E-state index >= 15 is 0 Å². The third-order valence-corrected chi connectivity index (χ3v) is 5.80. The van der Waals surface area contributed by atoms with Gasteiger partial charge in [-0.2, -0.15) is 0 Å². The largest absolute Gasteiger partial charge is 0.350 e. The lowest BCUT2D eigenvalue weighted by Gasteiger charge is -2.11. The van der Waals surface area contributed by atoms with Gasteiger partial charge in [-0.05, 0) is 25.0 Å². The first-order valence-electron chi connectivity index (χ1n) is 8.05. The number of aryl methyl sites for hydroxylation is 1. The maximum Gasteiger partial charge on any atom is 0.270 e. The molecule has 7 nitrogen and oxygen atoms in total. The molecule has 8 heteroatoms. The maximum absolute atomic E-state index is 12.3. The molecule has 1 unspecified atom stereocenters. The van der Waals surface area contributed by atoms with Crippen LogP contribution in [0.15, 0.2) is 36.5 Å². The van der Waals surface area contributed by atoms with Crippen LogP contribution >= 0.6 is 0 Å². The molecule has 1 aliphatic heterocycles. The van der Waals surface area contributed by atoms with E-state index in [1.165, 1.54) is 17.8 Å². The van der Waals surface area contributed by atoms with Gasteiger partial charge in [0.05, 0.1) is 11.5 Å². The second-order valence-corrected chi connectivity index (χ2v) is 8.41. The van der Waals surface area contributed by atoms with Gasteiger partial charge in [-0.15, -0.1) is 0 Å². The van der Waals surface area contributed by atoms with Crippen LogP contribution in [0, 0.1) is 6.92 Å². The number of carbonyl (C=O) groups excluding carboxylic acids is 1. The second-order valence-electron chi connectivity index (χ2n) is 6.18. The predicted molar refractivity (Wildman–Crippen MR) is 95.1 cm³/mol. The fraction of sp³-hybridized carbons (Fsp3) is 0.353. The highest BCUT2D eigenvalue weighted by molar-refractivity contribution is 7.91. The van der Waals surface area contributed by atoms with E-state index < -0.39 is 9.84 Å². The van der Waals surface area contributed by atoms with Crippen LogP contribution in [0.5, 0.6) is 0 Å². The number of hydrogen-bond acceptors (Lipinski definition) is 6. The number of anilines is 1. The molecular weight excluding hydrogens is 340 g/mol. The quantitative estimate of drug-likeness (QED) is 0.834. The molecule has 1 aromatic carbocycles. The number of sulfone groups is 1. The van der Waals surface area contributed by atoms with E-state index in [2.05, 4.69) is 20.6 Å². The van der Waals surface area contributed by atoms with Crippen LogP contribution in [-0.4, -0.2) is 41.8 Å². The Morgan fingerprint density at radius 1 is 1.24 bits per heavy atom. The summed E-state index contributed by atoms with van der Waals surface area (Å²) in [5.41, 5.74) is 2.48. The molecule has 1 atom stereocenters. The Morgan fingerprint density at radius 2 is 2.00 bits per heavy atom. The van der Waals surface area contributed by atoms with E-state index in [-0.39, 0.29) is 29.1 Å². The first kappa shape index (κ1) is 17.3. The molecule has 2 aromatic rings. The number of hydrogen-bond donors (Lipinski definition) is 2. The molecule has 0 spiro atoms. The highest BCUT2D eigenvalue weighted by atomic mass is 32.2. The number of amides is 1. The third-order valence-electron chi connectivity index (χ3n) is 4.03. The Hall–Kier alpha value is -2.48. The Kier molecular flexibility index (Phi) is 4.98. The minimum absolute atomic E-state index is 0.0116. The standard InChI is InChI=1S/C17H20N4O3S/c1-12-2-4-13(5-3-12)10-19-17-18-8-6-15(21-17)16(22)20-14-7-9-25(23,24)11-14/h2-6,8,14H,7,9-11H2,1H3,(H,20,22)(H,18,19,21). The van der Waals surface area contributed by atoms with E-state index in [1.807, 2.05) is 31.2 Å². The summed E-state index contributed by atoms with van der Waals surface area (Å²) >= 11 is 0. The van der Waals surface area contributed by atoms with Crippen LogP contribution in [0.1, 0.15) is 28.0 Å². The van der Waals surface area contributed by atoms with Crippen molar-refractivity contribution in [3.8, 4) is 0 Å². The van der Waals surface area contributed by atoms with Crippen LogP contribution in [0.4, 0.5) is 5.95 Å². The average molecular weight is 360 g/mol. The van der Waals surface area contributed by atoms with E-state index in [4.69, 9.17) is 0 Å². The second kappa shape index (κ2) is 7.18. The minimum Gasteiger partial charge on any atom is -0.350 e. The molecule has 1 aromatic heterocycles. The molecule has 1 saturated heterocycles. The van der Waals surface area contributed by atoms with Crippen molar-refractivity contribution in [1.82, 2.24) is 15.3 Å². The van der Waals surface area contributed by atoms with Gasteiger partial charge in [-0.25, -0.2) is 18.4 Å². The van der Waals surface area contributed by atoms with Gasteiger partial charge in [0.2, 0.25) is 5.95 Å². The van der Waals surface area contributed by atoms with E-state index in [9.17, 15) is 13.2 Å². The van der Waals surface area contributed by atoms with Crippen molar-refractivity contribution in [2.75, 3.05) is 16.8 Å². The lowest BCUT2D eigenvalue weighted by molar-refractivity contribution is 0.0936. The Balaban J connectivity index is 1.60. The Labute approximate surface area is 146 Å². The molecule has 1 fully saturated rings. The molecule has 1 amide bonds. The lowest BCUT2D eigenvalue weighted by atomic mass is 10.1. The van der Waals surface area contributed by atoms with Crippen molar-refractivity contribution in [2.45, 2.75) is 25.9 Å². The zero-order valence-corrected chi connectivity index (χ0v) is 14.7. The molecule has 2 N–H and O–H groups in total. The van der Waals surface area contributed by atoms with Crippen molar-refractivity contribution >= 4 is 21.7 Å². The Morgan fingerprint density at radius 3 is 2.68 bits per heavy atom. The summed E-state index contributed by atoms with van der Waals surface area (Å²) in [6.07, 6.45) is 1.95. The van der Waals surface area contributed by atoms with Gasteiger partial charge >= 0.3 is 0 Å². The van der Waals surface area contributed by atoms with Gasteiger partial charge in [-0.3, -0.25) is 4.79 Å². The summed E-state index contributed by atoms with van der Waals surface area (Å²) in [5.74, 6) is 0.0723. The Bertz CT molecular complexity index is 866. The van der Waals surface area contributed by atoms with Gasteiger partial charge in [0, 0.05) is 18.8 Å². The summed E-state index contributed by atoms with van der Waals surface area (Å²) in [5, 5.41) is 5.81. The number of aromatic nitrogens is 2. The molecule has 25 heavy (non-hydrogen) atoms. The molecule has 3 rings (SSSR count). The number of rotatable bonds is 5. The molecule has 0 bridgehead atoms. The molecule has 0 aliphatic carbocycles. The lowest BCUT2D eigenvalue weighted by Crippen LogP contribution is -2.36. The van der Waals surface area contributed by atoms with Crippen LogP contribution in [0.2, 0.25) is 0 Å². The van der Waals surface area contributed by atoms with Gasteiger partial charge in [0.25, 0.3) is 5.91 Å². The van der Waals surface area contributed by atoms with Crippen molar-refractivity contribution in [3.05, 3.63) is 53.3 Å². The monoisotopic (exact) mass is 360 g/mol. The summed E-state index contributed by atoms with van der Waals surface area (Å²) in [4.78, 5) is 20.6. The van der Waals surface area contributed by atoms with Crippen LogP contribution in [-0.2, 0) is 16.4 Å². The van der Waals surface area contributed by atoms with Crippen molar-refractivity contribution in [2.24, 2.45) is 0 Å². The van der Waals surface area contributed by atoms with Crippen LogP contribution < -0.4 is 10.6 Å². The van der Waals surface area contributed by atoms with Gasteiger partial charge < -0.3 is 10.6 Å². The fourth-order valence-corrected chi connectivity index (χ4v) is 4.30. The normalized spacial score (nSPS) is 18.7. The SMILES string of the molecule is Cc1ccc(CNc2nccc(C(=O)NC3CCS(=O)(=O)C3)n2)cc1. The molecule has 132 valence electrons. The van der Waals surface area contributed by atoms with Gasteiger partial charge in [0.15, 0.2) is 9.84 Å². The predicted octanol–water partition coefficient (Wildman–Crippen LogP) is 1.31. The summed E-state index contributed by atoms with van der Waals surface area (Å²) in [7, 11) is -3.03. The van der Waals surface area contributed by atoms with Crippen molar-refractivity contribution in [3.63, 3.8) is 0 Å². The molecule has 0 saturated carbocycles. The smallest absolute Gasteiger partial charge is 0.270 e. The number of nitrogens with zero attached hydrogens (tertiary/aromatic N) is 2. The topological polar surface area (TPSA) is 101 Å². The zero-order valence-electron chi connectivity index (χ0n) is 13.9. The van der Waals surface area contributed by atoms with E-state index in [1.54, 1.807) is 0 Å². The number of carbonyl (C=O) groups is 1. The van der Waals surface area contributed by atoms with Crippen molar-refractivity contribution in [1.29, 1.82) is 0 Å². The summed E-state index contributed by atoms with van der Waals surface area (Å²) in [6, 6.07) is 9.24. The fourth-order valence-electron chi connectivity index (χ4n) is 2.63. The molecular formula is C17H20N4O3S. The minimum atomic E-state index is -3.03. The maximum atomic E-state index is 12.3. The van der Waals surface area contributed by atoms with Gasteiger partial charge in [-0.1, -0.05) is 29.8 Å². The third kappa shape index (κ3) is 4.76. The van der Waals surface area contributed by atoms with Gasteiger partial charge in [0.1, 0.15) is 5.69 Å². The van der Waals surface area contributed by atoms with E-state index in [0.29, 0.717) is 18.9 Å². The van der Waals surface area contributed by atoms with Crippen molar-refractivity contribution < 1.29 is 13.2 Å². The summed E-state index contributed by atoms with van der Waals surface area (Å²) in [6.45, 7) is 2.57. The molecule has 0 radical (unpaired) electrons. The first-order chi connectivity index (χ1) is 11.9. The van der Waals surface area contributed by atoms with Crippen LogP contribution in [0.3, 0.4) is 0 Å². The molecule has 1 aliphatic rings. The highest BCUT2D eigenvalue weighted by Gasteiger charge is 2.29. The number of benzene rings is 1. The van der Waals surface area contributed by atoms with E-state index in [0.717, 1.165) is 5.56 Å².